The van der Waals surface area contributed by atoms with E-state index in [1.54, 1.807) is 0 Å². The summed E-state index contributed by atoms with van der Waals surface area (Å²) in [5.74, 6) is 1.04. The van der Waals surface area contributed by atoms with E-state index in [1.807, 2.05) is 0 Å². The number of benzene rings is 1. The molecule has 0 radical (unpaired) electrons. The second kappa shape index (κ2) is 7.67. The molecule has 2 rings (SSSR count). The van der Waals surface area contributed by atoms with Crippen LogP contribution in [0.5, 0.6) is 5.75 Å². The Balaban J connectivity index is 1.86. The molecule has 0 aromatic heterocycles. The molecule has 0 aliphatic carbocycles. The van der Waals surface area contributed by atoms with Crippen LogP contribution in [0.15, 0.2) is 18.2 Å². The van der Waals surface area contributed by atoms with Crippen molar-refractivity contribution in [1.82, 2.24) is 4.90 Å². The summed E-state index contributed by atoms with van der Waals surface area (Å²) in [6, 6.07) is 6.54. The molecule has 3 nitrogen and oxygen atoms in total. The molecule has 1 heterocycles. The number of nitrogens with zero attached hydrogens (tertiary/aromatic N) is 1. The molecule has 1 aliphatic rings. The Morgan fingerprint density at radius 1 is 1.17 bits per heavy atom. The van der Waals surface area contributed by atoms with Crippen LogP contribution in [0.2, 0.25) is 0 Å². The largest absolute Gasteiger partial charge is 0.493 e. The molecule has 0 unspecified atom stereocenters. The third-order valence-corrected chi connectivity index (χ3v) is 4.32. The Morgan fingerprint density at radius 3 is 2.43 bits per heavy atom. The maximum absolute atomic E-state index is 6.13. The summed E-state index contributed by atoms with van der Waals surface area (Å²) in [6.45, 7) is 17.0. The van der Waals surface area contributed by atoms with Crippen LogP contribution in [0, 0.1) is 6.92 Å². The first kappa shape index (κ1) is 18.3. The van der Waals surface area contributed by atoms with Crippen molar-refractivity contribution >= 4 is 0 Å². The van der Waals surface area contributed by atoms with E-state index in [9.17, 15) is 0 Å². The second-order valence-electron chi connectivity index (χ2n) is 7.97. The van der Waals surface area contributed by atoms with Gasteiger partial charge in [0.05, 0.1) is 18.8 Å². The monoisotopic (exact) mass is 319 g/mol. The van der Waals surface area contributed by atoms with Gasteiger partial charge in [0.2, 0.25) is 0 Å². The lowest BCUT2D eigenvalue weighted by atomic mass is 9.86. The van der Waals surface area contributed by atoms with E-state index in [-0.39, 0.29) is 5.41 Å². The van der Waals surface area contributed by atoms with Gasteiger partial charge in [0.1, 0.15) is 5.75 Å². The third-order valence-electron chi connectivity index (χ3n) is 4.32. The number of hydrogen-bond acceptors (Lipinski definition) is 3. The summed E-state index contributed by atoms with van der Waals surface area (Å²) < 4.78 is 11.9. The van der Waals surface area contributed by atoms with E-state index in [0.717, 1.165) is 38.4 Å². The minimum atomic E-state index is 0.109. The Bertz CT molecular complexity index is 497. The van der Waals surface area contributed by atoms with Gasteiger partial charge in [-0.2, -0.15) is 0 Å². The van der Waals surface area contributed by atoms with Crippen molar-refractivity contribution in [2.45, 2.75) is 65.6 Å². The fourth-order valence-corrected chi connectivity index (χ4v) is 3.31. The van der Waals surface area contributed by atoms with Gasteiger partial charge < -0.3 is 9.47 Å². The van der Waals surface area contributed by atoms with Gasteiger partial charge >= 0.3 is 0 Å². The quantitative estimate of drug-likeness (QED) is 0.760. The molecule has 0 N–H and O–H groups in total. The van der Waals surface area contributed by atoms with Crippen LogP contribution >= 0.6 is 0 Å². The van der Waals surface area contributed by atoms with Crippen molar-refractivity contribution in [2.24, 2.45) is 0 Å². The fourth-order valence-electron chi connectivity index (χ4n) is 3.31. The summed E-state index contributed by atoms with van der Waals surface area (Å²) in [5, 5.41) is 0. The predicted octanol–water partition coefficient (Wildman–Crippen LogP) is 4.17. The molecule has 1 fully saturated rings. The highest BCUT2D eigenvalue weighted by atomic mass is 16.5. The molecule has 0 bridgehead atoms. The van der Waals surface area contributed by atoms with Crippen molar-refractivity contribution in [2.75, 3.05) is 26.2 Å². The molecule has 1 aromatic rings. The van der Waals surface area contributed by atoms with Gasteiger partial charge in [-0.25, -0.2) is 0 Å². The number of rotatable bonds is 5. The molecule has 3 heteroatoms. The van der Waals surface area contributed by atoms with E-state index >= 15 is 0 Å². The number of aryl methyl sites for hydroxylation is 1. The predicted molar refractivity (Wildman–Crippen MR) is 96.4 cm³/mol. The zero-order chi connectivity index (χ0) is 17.0. The van der Waals surface area contributed by atoms with Crippen molar-refractivity contribution in [3.05, 3.63) is 29.3 Å². The average molecular weight is 319 g/mol. The van der Waals surface area contributed by atoms with Crippen molar-refractivity contribution in [1.29, 1.82) is 0 Å². The van der Waals surface area contributed by atoms with Crippen LogP contribution in [-0.4, -0.2) is 43.3 Å². The normalized spacial score (nSPS) is 23.0. The lowest BCUT2D eigenvalue weighted by Gasteiger charge is -2.35. The molecule has 0 spiro atoms. The van der Waals surface area contributed by atoms with Gasteiger partial charge in [0.15, 0.2) is 0 Å². The fraction of sp³-hybridized carbons (Fsp3) is 0.700. The molecule has 1 saturated heterocycles. The highest BCUT2D eigenvalue weighted by Gasteiger charge is 2.22. The zero-order valence-electron chi connectivity index (χ0n) is 15.7. The SMILES string of the molecule is Cc1ccc(C(C)(C)C)c(OCCCN2C[C@H](C)O[C@@H](C)C2)c1. The summed E-state index contributed by atoms with van der Waals surface area (Å²) in [7, 11) is 0. The first-order chi connectivity index (χ1) is 10.8. The van der Waals surface area contributed by atoms with Gasteiger partial charge in [0, 0.05) is 19.6 Å². The topological polar surface area (TPSA) is 21.7 Å². The first-order valence-corrected chi connectivity index (χ1v) is 8.87. The Morgan fingerprint density at radius 2 is 1.83 bits per heavy atom. The van der Waals surface area contributed by atoms with Gasteiger partial charge in [-0.1, -0.05) is 32.9 Å². The number of ether oxygens (including phenoxy) is 2. The average Bonchev–Trinajstić information content (AvgIpc) is 2.41. The van der Waals surface area contributed by atoms with Crippen LogP contribution in [0.25, 0.3) is 0 Å². The highest BCUT2D eigenvalue weighted by molar-refractivity contribution is 5.41. The van der Waals surface area contributed by atoms with E-state index in [1.165, 1.54) is 11.1 Å². The molecule has 2 atom stereocenters. The molecular formula is C20H33NO2. The van der Waals surface area contributed by atoms with Gasteiger partial charge in [0.25, 0.3) is 0 Å². The van der Waals surface area contributed by atoms with Crippen LogP contribution in [0.1, 0.15) is 52.2 Å². The summed E-state index contributed by atoms with van der Waals surface area (Å²) in [6.07, 6.45) is 1.73. The van der Waals surface area contributed by atoms with Gasteiger partial charge in [-0.15, -0.1) is 0 Å². The number of morpholine rings is 1. The van der Waals surface area contributed by atoms with E-state index in [2.05, 4.69) is 64.6 Å². The summed E-state index contributed by atoms with van der Waals surface area (Å²) in [5.41, 5.74) is 2.65. The summed E-state index contributed by atoms with van der Waals surface area (Å²) >= 11 is 0. The maximum atomic E-state index is 6.13. The van der Waals surface area contributed by atoms with Crippen LogP contribution in [0.4, 0.5) is 0 Å². The molecule has 1 aliphatic heterocycles. The highest BCUT2D eigenvalue weighted by Crippen LogP contribution is 2.32. The molecule has 23 heavy (non-hydrogen) atoms. The maximum Gasteiger partial charge on any atom is 0.123 e. The third kappa shape index (κ3) is 5.50. The Labute approximate surface area is 142 Å². The zero-order valence-corrected chi connectivity index (χ0v) is 15.7. The Hall–Kier alpha value is -1.06. The first-order valence-electron chi connectivity index (χ1n) is 8.87. The minimum Gasteiger partial charge on any atom is -0.493 e. The lowest BCUT2D eigenvalue weighted by molar-refractivity contribution is -0.0686. The van der Waals surface area contributed by atoms with E-state index in [0.29, 0.717) is 12.2 Å². The van der Waals surface area contributed by atoms with Crippen molar-refractivity contribution in [3.8, 4) is 5.75 Å². The summed E-state index contributed by atoms with van der Waals surface area (Å²) in [4.78, 5) is 2.49. The number of hydrogen-bond donors (Lipinski definition) is 0. The molecule has 0 amide bonds. The van der Waals surface area contributed by atoms with Gasteiger partial charge in [-0.05, 0) is 49.8 Å². The van der Waals surface area contributed by atoms with E-state index < -0.39 is 0 Å². The smallest absolute Gasteiger partial charge is 0.123 e. The van der Waals surface area contributed by atoms with Crippen LogP contribution in [-0.2, 0) is 10.2 Å². The molecule has 1 aromatic carbocycles. The van der Waals surface area contributed by atoms with E-state index in [4.69, 9.17) is 9.47 Å². The molecular weight excluding hydrogens is 286 g/mol. The van der Waals surface area contributed by atoms with Crippen molar-refractivity contribution < 1.29 is 9.47 Å². The standard InChI is InChI=1S/C20H33NO2/c1-15-8-9-18(20(4,5)6)19(12-15)22-11-7-10-21-13-16(2)23-17(3)14-21/h8-9,12,16-17H,7,10-11,13-14H2,1-6H3/t16-,17-/m0/s1. The second-order valence-corrected chi connectivity index (χ2v) is 7.97. The van der Waals surface area contributed by atoms with Gasteiger partial charge in [-0.3, -0.25) is 4.90 Å². The minimum absolute atomic E-state index is 0.109. The molecule has 0 saturated carbocycles. The van der Waals surface area contributed by atoms with Crippen molar-refractivity contribution in [3.63, 3.8) is 0 Å². The van der Waals surface area contributed by atoms with Crippen LogP contribution < -0.4 is 4.74 Å². The molecule has 130 valence electrons. The lowest BCUT2D eigenvalue weighted by Crippen LogP contribution is -2.45. The Kier molecular flexibility index (Phi) is 6.10. The van der Waals surface area contributed by atoms with Crippen LogP contribution in [0.3, 0.4) is 0 Å².